The average molecular weight is 680 g/mol. The molecule has 0 spiro atoms. The SMILES string of the molecule is Cc1cc(C)c2c(c1)C(C)(C)c1cc(N(c3ccc4c(c3)C(C)(C)c3cc(C)cc(C)c3-4)c3cccc4c3oc3c(C(C)(C)C)cccc34)ccc1-2. The Morgan fingerprint density at radius 2 is 1.00 bits per heavy atom. The molecule has 2 aliphatic carbocycles. The van der Waals surface area contributed by atoms with Crippen molar-refractivity contribution in [2.24, 2.45) is 0 Å². The van der Waals surface area contributed by atoms with E-state index in [2.05, 4.69) is 178 Å². The van der Waals surface area contributed by atoms with Gasteiger partial charge in [0.15, 0.2) is 5.58 Å². The first-order chi connectivity index (χ1) is 24.6. The normalized spacial score (nSPS) is 15.1. The van der Waals surface area contributed by atoms with Crippen LogP contribution in [0.15, 0.2) is 101 Å². The molecule has 2 heteroatoms. The van der Waals surface area contributed by atoms with Crippen molar-refractivity contribution in [3.05, 3.63) is 147 Å². The topological polar surface area (TPSA) is 16.4 Å². The first-order valence-electron chi connectivity index (χ1n) is 18.9. The van der Waals surface area contributed by atoms with Gasteiger partial charge in [0.2, 0.25) is 0 Å². The van der Waals surface area contributed by atoms with Gasteiger partial charge in [-0.1, -0.05) is 126 Å². The summed E-state index contributed by atoms with van der Waals surface area (Å²) in [6, 6.07) is 37.0. The Bertz CT molecular complexity index is 2540. The molecule has 260 valence electrons. The lowest BCUT2D eigenvalue weighted by molar-refractivity contribution is 0.573. The van der Waals surface area contributed by atoms with E-state index in [1.165, 1.54) is 72.3 Å². The predicted molar refractivity (Wildman–Crippen MR) is 221 cm³/mol. The molecule has 0 atom stereocenters. The average Bonchev–Trinajstić information content (AvgIpc) is 3.65. The first kappa shape index (κ1) is 32.8. The van der Waals surface area contributed by atoms with E-state index in [9.17, 15) is 0 Å². The number of benzene rings is 6. The zero-order chi connectivity index (χ0) is 36.6. The van der Waals surface area contributed by atoms with Crippen molar-refractivity contribution < 1.29 is 4.42 Å². The summed E-state index contributed by atoms with van der Waals surface area (Å²) in [7, 11) is 0. The molecule has 0 fully saturated rings. The van der Waals surface area contributed by atoms with Crippen LogP contribution in [-0.2, 0) is 16.2 Å². The molecule has 0 radical (unpaired) electrons. The van der Waals surface area contributed by atoms with Gasteiger partial charge in [0, 0.05) is 38.5 Å². The molecule has 0 amide bonds. The summed E-state index contributed by atoms with van der Waals surface area (Å²) < 4.78 is 7.05. The number of nitrogens with zero attached hydrogens (tertiary/aromatic N) is 1. The molecule has 0 unspecified atom stereocenters. The number of anilines is 3. The quantitative estimate of drug-likeness (QED) is 0.185. The van der Waals surface area contributed by atoms with E-state index < -0.39 is 0 Å². The fourth-order valence-electron chi connectivity index (χ4n) is 9.74. The highest BCUT2D eigenvalue weighted by Crippen LogP contribution is 2.55. The number of para-hydroxylation sites is 2. The van der Waals surface area contributed by atoms with Crippen molar-refractivity contribution in [2.75, 3.05) is 4.90 Å². The van der Waals surface area contributed by atoms with Crippen LogP contribution in [0.5, 0.6) is 0 Å². The Morgan fingerprint density at radius 3 is 1.50 bits per heavy atom. The molecule has 1 aromatic heterocycles. The standard InChI is InChI=1S/C50H49NO/c1-28-22-30(3)44-36-20-18-32(26-39(36)49(8,9)41(44)24-28)51(33-19-21-37-40(27-33)50(10,11)42-25-29(2)23-31(4)45(37)42)43-17-13-15-35-34-14-12-16-38(48(5,6)7)46(34)52-47(35)43/h12-27H,1-11H3. The second-order valence-corrected chi connectivity index (χ2v) is 17.7. The van der Waals surface area contributed by atoms with Gasteiger partial charge >= 0.3 is 0 Å². The van der Waals surface area contributed by atoms with Crippen LogP contribution in [0, 0.1) is 27.7 Å². The van der Waals surface area contributed by atoms with E-state index in [4.69, 9.17) is 4.42 Å². The lowest BCUT2D eigenvalue weighted by Gasteiger charge is -2.29. The summed E-state index contributed by atoms with van der Waals surface area (Å²) >= 11 is 0. The van der Waals surface area contributed by atoms with E-state index in [0.717, 1.165) is 39.0 Å². The van der Waals surface area contributed by atoms with Crippen molar-refractivity contribution >= 4 is 39.0 Å². The molecule has 6 aromatic carbocycles. The molecule has 0 aliphatic heterocycles. The van der Waals surface area contributed by atoms with Gasteiger partial charge in [-0.2, -0.15) is 0 Å². The van der Waals surface area contributed by atoms with Crippen molar-refractivity contribution in [3.63, 3.8) is 0 Å². The minimum absolute atomic E-state index is 0.0542. The van der Waals surface area contributed by atoms with Crippen LogP contribution in [0.4, 0.5) is 17.1 Å². The molecule has 2 aliphatic rings. The van der Waals surface area contributed by atoms with Gasteiger partial charge in [0.25, 0.3) is 0 Å². The molecule has 52 heavy (non-hydrogen) atoms. The fourth-order valence-corrected chi connectivity index (χ4v) is 9.74. The van der Waals surface area contributed by atoms with E-state index in [1.54, 1.807) is 0 Å². The monoisotopic (exact) mass is 679 g/mol. The zero-order valence-corrected chi connectivity index (χ0v) is 32.6. The maximum absolute atomic E-state index is 7.05. The third-order valence-electron chi connectivity index (χ3n) is 12.3. The predicted octanol–water partition coefficient (Wildman–Crippen LogP) is 14.2. The van der Waals surface area contributed by atoms with Gasteiger partial charge in [-0.05, 0) is 119 Å². The van der Waals surface area contributed by atoms with Gasteiger partial charge in [-0.15, -0.1) is 0 Å². The second kappa shape index (κ2) is 10.7. The lowest BCUT2D eigenvalue weighted by Crippen LogP contribution is -2.18. The third-order valence-corrected chi connectivity index (χ3v) is 12.3. The number of aryl methyl sites for hydroxylation is 4. The van der Waals surface area contributed by atoms with Crippen LogP contribution in [0.3, 0.4) is 0 Å². The maximum atomic E-state index is 7.05. The third kappa shape index (κ3) is 4.49. The number of hydrogen-bond donors (Lipinski definition) is 0. The van der Waals surface area contributed by atoms with Crippen molar-refractivity contribution in [1.29, 1.82) is 0 Å². The molecule has 1 heterocycles. The Kier molecular flexibility index (Phi) is 6.77. The molecule has 2 nitrogen and oxygen atoms in total. The van der Waals surface area contributed by atoms with Crippen LogP contribution >= 0.6 is 0 Å². The molecule has 0 saturated heterocycles. The molecule has 0 saturated carbocycles. The lowest BCUT2D eigenvalue weighted by atomic mass is 9.81. The first-order valence-corrected chi connectivity index (χ1v) is 18.9. The number of hydrogen-bond acceptors (Lipinski definition) is 2. The summed E-state index contributed by atoms with van der Waals surface area (Å²) in [6.45, 7) is 25.3. The molecule has 9 rings (SSSR count). The second-order valence-electron chi connectivity index (χ2n) is 17.7. The number of fused-ring (bicyclic) bond motifs is 9. The Hall–Kier alpha value is -5.08. The molecular formula is C50H49NO. The molecule has 0 N–H and O–H groups in total. The largest absolute Gasteiger partial charge is 0.454 e. The summed E-state index contributed by atoms with van der Waals surface area (Å²) in [5, 5.41) is 2.31. The van der Waals surface area contributed by atoms with Gasteiger partial charge < -0.3 is 9.32 Å². The van der Waals surface area contributed by atoms with Crippen LogP contribution in [-0.4, -0.2) is 0 Å². The van der Waals surface area contributed by atoms with E-state index in [0.29, 0.717) is 0 Å². The molecule has 0 bridgehead atoms. The van der Waals surface area contributed by atoms with Gasteiger partial charge in [0.1, 0.15) is 5.58 Å². The summed E-state index contributed by atoms with van der Waals surface area (Å²) in [6.07, 6.45) is 0. The summed E-state index contributed by atoms with van der Waals surface area (Å²) in [5.74, 6) is 0. The van der Waals surface area contributed by atoms with Crippen molar-refractivity contribution in [1.82, 2.24) is 0 Å². The van der Waals surface area contributed by atoms with Crippen molar-refractivity contribution in [2.45, 2.75) is 92.4 Å². The highest BCUT2D eigenvalue weighted by atomic mass is 16.3. The highest BCUT2D eigenvalue weighted by molar-refractivity contribution is 6.11. The summed E-state index contributed by atoms with van der Waals surface area (Å²) in [5.41, 5.74) is 22.5. The van der Waals surface area contributed by atoms with Crippen LogP contribution in [0.25, 0.3) is 44.2 Å². The molecule has 7 aromatic rings. The zero-order valence-electron chi connectivity index (χ0n) is 32.6. The molecular weight excluding hydrogens is 631 g/mol. The number of furan rings is 1. The van der Waals surface area contributed by atoms with Crippen LogP contribution < -0.4 is 4.90 Å². The minimum Gasteiger partial charge on any atom is -0.454 e. The Labute approximate surface area is 309 Å². The minimum atomic E-state index is -0.132. The fraction of sp³-hybridized carbons (Fsp3) is 0.280. The van der Waals surface area contributed by atoms with Gasteiger partial charge in [0.05, 0.1) is 5.69 Å². The van der Waals surface area contributed by atoms with E-state index in [1.807, 2.05) is 0 Å². The van der Waals surface area contributed by atoms with Crippen molar-refractivity contribution in [3.8, 4) is 22.3 Å². The maximum Gasteiger partial charge on any atom is 0.159 e. The Morgan fingerprint density at radius 1 is 0.519 bits per heavy atom. The van der Waals surface area contributed by atoms with Crippen LogP contribution in [0.2, 0.25) is 0 Å². The van der Waals surface area contributed by atoms with E-state index in [-0.39, 0.29) is 16.2 Å². The highest BCUT2D eigenvalue weighted by Gasteiger charge is 2.39. The van der Waals surface area contributed by atoms with E-state index >= 15 is 0 Å². The number of rotatable bonds is 3. The Balaban J connectivity index is 1.32. The summed E-state index contributed by atoms with van der Waals surface area (Å²) in [4.78, 5) is 2.45. The van der Waals surface area contributed by atoms with Gasteiger partial charge in [-0.3, -0.25) is 0 Å². The van der Waals surface area contributed by atoms with Crippen LogP contribution in [0.1, 0.15) is 98.5 Å². The smallest absolute Gasteiger partial charge is 0.159 e. The van der Waals surface area contributed by atoms with Gasteiger partial charge in [-0.25, -0.2) is 0 Å².